The average molecular weight is 365 g/mol. The van der Waals surface area contributed by atoms with Crippen LogP contribution in [0.25, 0.3) is 0 Å². The number of anilines is 1. The number of nitrogens with zero attached hydrogens (tertiary/aromatic N) is 1. The molecule has 130 valence electrons. The fourth-order valence-corrected chi connectivity index (χ4v) is 2.48. The maximum absolute atomic E-state index is 12.2. The van der Waals surface area contributed by atoms with E-state index in [0.29, 0.717) is 5.56 Å². The SMILES string of the molecule is CCc1cc(NC(=O)c2ccccc2)c(O)c(Cl)c1C(=O)O[N+](=O)[O-]. The number of hydrogen-bond donors (Lipinski definition) is 2. The quantitative estimate of drug-likeness (QED) is 0.477. The van der Waals surface area contributed by atoms with Crippen molar-refractivity contribution >= 4 is 29.2 Å². The van der Waals surface area contributed by atoms with E-state index in [4.69, 9.17) is 11.6 Å². The molecule has 0 saturated heterocycles. The first-order chi connectivity index (χ1) is 11.8. The molecular formula is C16H13ClN2O6. The van der Waals surface area contributed by atoms with Gasteiger partial charge in [0.2, 0.25) is 0 Å². The van der Waals surface area contributed by atoms with Crippen LogP contribution in [0.5, 0.6) is 5.75 Å². The summed E-state index contributed by atoms with van der Waals surface area (Å²) in [6, 6.07) is 9.58. The molecule has 9 heteroatoms. The van der Waals surface area contributed by atoms with Crippen molar-refractivity contribution in [1.82, 2.24) is 0 Å². The Labute approximate surface area is 147 Å². The molecule has 8 nitrogen and oxygen atoms in total. The lowest BCUT2D eigenvalue weighted by Crippen LogP contribution is -2.16. The van der Waals surface area contributed by atoms with Crippen LogP contribution in [0.1, 0.15) is 33.2 Å². The van der Waals surface area contributed by atoms with Gasteiger partial charge in [-0.15, -0.1) is 10.1 Å². The highest BCUT2D eigenvalue weighted by molar-refractivity contribution is 6.36. The van der Waals surface area contributed by atoms with E-state index in [1.165, 1.54) is 6.07 Å². The monoisotopic (exact) mass is 364 g/mol. The van der Waals surface area contributed by atoms with Crippen LogP contribution in [-0.2, 0) is 11.3 Å². The molecule has 0 saturated carbocycles. The predicted molar refractivity (Wildman–Crippen MR) is 89.3 cm³/mol. The van der Waals surface area contributed by atoms with Crippen LogP contribution in [0.3, 0.4) is 0 Å². The number of halogens is 1. The molecule has 2 aromatic carbocycles. The summed E-state index contributed by atoms with van der Waals surface area (Å²) >= 11 is 5.97. The van der Waals surface area contributed by atoms with Crippen LogP contribution in [0.2, 0.25) is 5.02 Å². The van der Waals surface area contributed by atoms with Crippen LogP contribution in [0, 0.1) is 10.1 Å². The van der Waals surface area contributed by atoms with Gasteiger partial charge < -0.3 is 10.4 Å². The van der Waals surface area contributed by atoms with Crippen LogP contribution in [-0.4, -0.2) is 22.1 Å². The second-order valence-corrected chi connectivity index (χ2v) is 5.27. The molecule has 0 heterocycles. The molecule has 0 aromatic heterocycles. The Hall–Kier alpha value is -3.13. The van der Waals surface area contributed by atoms with E-state index in [0.717, 1.165) is 0 Å². The van der Waals surface area contributed by atoms with Gasteiger partial charge in [-0.2, -0.15) is 0 Å². The van der Waals surface area contributed by atoms with Crippen LogP contribution < -0.4 is 5.32 Å². The third kappa shape index (κ3) is 4.04. The Balaban J connectivity index is 2.41. The minimum atomic E-state index is -1.30. The Bertz CT molecular complexity index is 838. The highest BCUT2D eigenvalue weighted by Crippen LogP contribution is 2.38. The summed E-state index contributed by atoms with van der Waals surface area (Å²) in [5.74, 6) is -2.38. The molecule has 0 unspecified atom stereocenters. The van der Waals surface area contributed by atoms with E-state index in [1.54, 1.807) is 37.3 Å². The van der Waals surface area contributed by atoms with Gasteiger partial charge in [0.1, 0.15) is 0 Å². The standard InChI is InChI=1S/C16H13ClN2O6/c1-2-9-8-11(18-15(21)10-6-4-3-5-7-10)14(20)13(17)12(9)16(22)25-19(23)24/h3-8,20H,2H2,1H3,(H,18,21). The first kappa shape index (κ1) is 18.2. The Morgan fingerprint density at radius 1 is 1.32 bits per heavy atom. The van der Waals surface area contributed by atoms with E-state index in [9.17, 15) is 24.8 Å². The molecule has 0 spiro atoms. The highest BCUT2D eigenvalue weighted by Gasteiger charge is 2.24. The van der Waals surface area contributed by atoms with Gasteiger partial charge in [0.05, 0.1) is 16.3 Å². The van der Waals surface area contributed by atoms with E-state index in [1.807, 2.05) is 0 Å². The molecule has 2 rings (SSSR count). The van der Waals surface area contributed by atoms with Crippen molar-refractivity contribution in [1.29, 1.82) is 0 Å². The summed E-state index contributed by atoms with van der Waals surface area (Å²) in [5.41, 5.74) is 0.287. The number of carbonyl (C=O) groups is 2. The smallest absolute Gasteiger partial charge is 0.336 e. The molecule has 0 aliphatic heterocycles. The lowest BCUT2D eigenvalue weighted by Gasteiger charge is -2.14. The van der Waals surface area contributed by atoms with Crippen molar-refractivity contribution < 1.29 is 24.6 Å². The zero-order valence-corrected chi connectivity index (χ0v) is 13.7. The predicted octanol–water partition coefficient (Wildman–Crippen LogP) is 3.21. The molecule has 2 aromatic rings. The largest absolute Gasteiger partial charge is 0.504 e. The minimum absolute atomic E-state index is 0.0200. The second kappa shape index (κ2) is 7.63. The van der Waals surface area contributed by atoms with Crippen molar-refractivity contribution in [2.75, 3.05) is 5.32 Å². The number of nitrogens with one attached hydrogen (secondary N) is 1. The van der Waals surface area contributed by atoms with E-state index < -0.39 is 27.7 Å². The van der Waals surface area contributed by atoms with Crippen molar-refractivity contribution in [2.24, 2.45) is 0 Å². The van der Waals surface area contributed by atoms with Crippen LogP contribution >= 0.6 is 11.6 Å². The number of benzene rings is 2. The molecule has 0 radical (unpaired) electrons. The molecule has 0 atom stereocenters. The third-order valence-electron chi connectivity index (χ3n) is 3.35. The fourth-order valence-electron chi connectivity index (χ4n) is 2.18. The molecule has 0 bridgehead atoms. The number of phenolic OH excluding ortho intramolecular Hbond substituents is 1. The lowest BCUT2D eigenvalue weighted by molar-refractivity contribution is -0.727. The van der Waals surface area contributed by atoms with Gasteiger partial charge in [0.25, 0.3) is 5.91 Å². The van der Waals surface area contributed by atoms with Gasteiger partial charge in [0.15, 0.2) is 5.75 Å². The van der Waals surface area contributed by atoms with Gasteiger partial charge in [-0.25, -0.2) is 4.84 Å². The highest BCUT2D eigenvalue weighted by atomic mass is 35.5. The number of amides is 1. The summed E-state index contributed by atoms with van der Waals surface area (Å²) in [6.07, 6.45) is 0.260. The molecule has 2 N–H and O–H groups in total. The summed E-state index contributed by atoms with van der Waals surface area (Å²) in [4.78, 5) is 38.3. The minimum Gasteiger partial charge on any atom is -0.504 e. The van der Waals surface area contributed by atoms with E-state index in [2.05, 4.69) is 10.2 Å². The van der Waals surface area contributed by atoms with Gasteiger partial charge in [-0.1, -0.05) is 36.7 Å². The molecule has 0 aliphatic rings. The average Bonchev–Trinajstić information content (AvgIpc) is 2.58. The normalized spacial score (nSPS) is 10.2. The Morgan fingerprint density at radius 3 is 2.52 bits per heavy atom. The second-order valence-electron chi connectivity index (χ2n) is 4.90. The summed E-state index contributed by atoms with van der Waals surface area (Å²) in [5, 5.41) is 21.3. The number of carbonyl (C=O) groups excluding carboxylic acids is 2. The van der Waals surface area contributed by atoms with Gasteiger partial charge in [0, 0.05) is 5.56 Å². The number of aromatic hydroxyl groups is 1. The van der Waals surface area contributed by atoms with Crippen molar-refractivity contribution in [2.45, 2.75) is 13.3 Å². The van der Waals surface area contributed by atoms with Crippen molar-refractivity contribution in [3.8, 4) is 5.75 Å². The number of hydrogen-bond acceptors (Lipinski definition) is 6. The topological polar surface area (TPSA) is 119 Å². The summed E-state index contributed by atoms with van der Waals surface area (Å²) in [6.45, 7) is 1.68. The summed E-state index contributed by atoms with van der Waals surface area (Å²) < 4.78 is 0. The van der Waals surface area contributed by atoms with E-state index in [-0.39, 0.29) is 23.2 Å². The van der Waals surface area contributed by atoms with Crippen molar-refractivity contribution in [3.63, 3.8) is 0 Å². The van der Waals surface area contributed by atoms with E-state index >= 15 is 0 Å². The lowest BCUT2D eigenvalue weighted by atomic mass is 10.0. The summed E-state index contributed by atoms with van der Waals surface area (Å²) in [7, 11) is 0. The molecule has 25 heavy (non-hydrogen) atoms. The maximum Gasteiger partial charge on any atom is 0.336 e. The van der Waals surface area contributed by atoms with Crippen LogP contribution in [0.15, 0.2) is 36.4 Å². The molecule has 0 aliphatic carbocycles. The first-order valence-corrected chi connectivity index (χ1v) is 7.50. The zero-order valence-electron chi connectivity index (χ0n) is 13.0. The molecule has 1 amide bonds. The van der Waals surface area contributed by atoms with Crippen LogP contribution in [0.4, 0.5) is 5.69 Å². The van der Waals surface area contributed by atoms with Gasteiger partial charge in [-0.3, -0.25) is 9.59 Å². The number of rotatable bonds is 5. The molecular weight excluding hydrogens is 352 g/mol. The number of aryl methyl sites for hydroxylation is 1. The third-order valence-corrected chi connectivity index (χ3v) is 3.72. The van der Waals surface area contributed by atoms with Gasteiger partial charge >= 0.3 is 11.1 Å². The van der Waals surface area contributed by atoms with Gasteiger partial charge in [-0.05, 0) is 30.2 Å². The Kier molecular flexibility index (Phi) is 5.56. The first-order valence-electron chi connectivity index (χ1n) is 7.12. The maximum atomic E-state index is 12.2. The number of phenols is 1. The fraction of sp³-hybridized carbons (Fsp3) is 0.125. The van der Waals surface area contributed by atoms with Crippen molar-refractivity contribution in [3.05, 3.63) is 68.2 Å². The Morgan fingerprint density at radius 2 is 1.96 bits per heavy atom. The molecule has 0 fully saturated rings. The zero-order chi connectivity index (χ0) is 18.6.